The highest BCUT2D eigenvalue weighted by Gasteiger charge is 2.47. The number of carbonyl (C=O) groups is 1. The van der Waals surface area contributed by atoms with Gasteiger partial charge in [-0.1, -0.05) is 0 Å². The molecule has 1 aromatic carbocycles. The average Bonchev–Trinajstić information content (AvgIpc) is 3.40. The molecular weight excluding hydrogens is 473 g/mol. The summed E-state index contributed by atoms with van der Waals surface area (Å²) in [6.07, 6.45) is 2.88. The number of halogens is 1. The maximum atomic E-state index is 14.8. The first kappa shape index (κ1) is 22.5. The highest BCUT2D eigenvalue weighted by molar-refractivity contribution is 7.18. The molecule has 2 saturated heterocycles. The zero-order valence-corrected chi connectivity index (χ0v) is 20.3. The van der Waals surface area contributed by atoms with Crippen LogP contribution in [0.4, 0.5) is 9.18 Å². The van der Waals surface area contributed by atoms with Gasteiger partial charge in [0.15, 0.2) is 0 Å². The molecule has 10 heteroatoms. The van der Waals surface area contributed by atoms with Crippen LogP contribution in [-0.4, -0.2) is 66.1 Å². The lowest BCUT2D eigenvalue weighted by Gasteiger charge is -2.46. The van der Waals surface area contributed by atoms with Crippen molar-refractivity contribution in [3.05, 3.63) is 35.7 Å². The first-order valence-corrected chi connectivity index (χ1v) is 12.6. The van der Waals surface area contributed by atoms with Gasteiger partial charge < -0.3 is 23.8 Å². The van der Waals surface area contributed by atoms with E-state index in [2.05, 4.69) is 9.97 Å². The summed E-state index contributed by atoms with van der Waals surface area (Å²) in [5, 5.41) is 1.87. The molecule has 2 atom stereocenters. The summed E-state index contributed by atoms with van der Waals surface area (Å²) in [7, 11) is 1.51. The Morgan fingerprint density at radius 1 is 1.20 bits per heavy atom. The highest BCUT2D eigenvalue weighted by atomic mass is 32.1. The minimum absolute atomic E-state index is 0.00513. The average molecular weight is 500 g/mol. The second-order valence-corrected chi connectivity index (χ2v) is 10.6. The summed E-state index contributed by atoms with van der Waals surface area (Å²) in [6.45, 7) is 4.00. The molecule has 1 amide bonds. The quantitative estimate of drug-likeness (QED) is 0.510. The molecule has 0 spiro atoms. The fourth-order valence-electron chi connectivity index (χ4n) is 4.87. The van der Waals surface area contributed by atoms with Gasteiger partial charge in [0.05, 0.1) is 25.8 Å². The summed E-state index contributed by atoms with van der Waals surface area (Å²) >= 11 is 1.43. The predicted octanol–water partition coefficient (Wildman–Crippen LogP) is 4.52. The summed E-state index contributed by atoms with van der Waals surface area (Å²) < 4.78 is 38.6. The molecule has 0 N–H and O–H groups in total. The van der Waals surface area contributed by atoms with Gasteiger partial charge in [0.25, 0.3) is 0 Å². The van der Waals surface area contributed by atoms with E-state index in [1.807, 2.05) is 12.3 Å². The van der Waals surface area contributed by atoms with Crippen LogP contribution >= 0.6 is 11.3 Å². The minimum atomic E-state index is -0.379. The maximum absolute atomic E-state index is 14.8. The molecule has 35 heavy (non-hydrogen) atoms. The Bertz CT molecular complexity index is 1270. The van der Waals surface area contributed by atoms with Gasteiger partial charge in [-0.2, -0.15) is 0 Å². The van der Waals surface area contributed by atoms with Crippen molar-refractivity contribution >= 4 is 27.6 Å². The van der Waals surface area contributed by atoms with Gasteiger partial charge in [-0.25, -0.2) is 19.2 Å². The monoisotopic (exact) mass is 499 g/mol. The molecule has 3 aliphatic rings. The lowest BCUT2D eigenvalue weighted by Crippen LogP contribution is -2.59. The molecule has 184 valence electrons. The third kappa shape index (κ3) is 4.18. The molecule has 2 unspecified atom stereocenters. The molecular formula is C25H26FN3O5S. The van der Waals surface area contributed by atoms with Crippen molar-refractivity contribution in [2.24, 2.45) is 11.8 Å². The second-order valence-electron chi connectivity index (χ2n) is 9.71. The van der Waals surface area contributed by atoms with E-state index in [9.17, 15) is 9.18 Å². The van der Waals surface area contributed by atoms with Gasteiger partial charge in [-0.05, 0) is 31.9 Å². The molecule has 1 aliphatic carbocycles. The molecule has 2 bridgehead atoms. The third-order valence-corrected chi connectivity index (χ3v) is 8.04. The number of nitrogens with zero attached hydrogens (tertiary/aromatic N) is 3. The minimum Gasteiger partial charge on any atom is -0.497 e. The van der Waals surface area contributed by atoms with Crippen molar-refractivity contribution in [2.75, 3.05) is 33.4 Å². The van der Waals surface area contributed by atoms with Crippen LogP contribution in [0.2, 0.25) is 0 Å². The fourth-order valence-corrected chi connectivity index (χ4v) is 5.82. The van der Waals surface area contributed by atoms with E-state index < -0.39 is 0 Å². The smallest absolute Gasteiger partial charge is 0.410 e. The first-order chi connectivity index (χ1) is 16.9. The maximum Gasteiger partial charge on any atom is 0.410 e. The number of ether oxygens (including phenoxy) is 4. The normalized spacial score (nSPS) is 24.8. The van der Waals surface area contributed by atoms with Crippen molar-refractivity contribution in [3.8, 4) is 22.8 Å². The van der Waals surface area contributed by atoms with E-state index in [-0.39, 0.29) is 35.5 Å². The number of carbonyl (C=O) groups excluding carboxylic acids is 1. The largest absolute Gasteiger partial charge is 0.497 e. The predicted molar refractivity (Wildman–Crippen MR) is 127 cm³/mol. The van der Waals surface area contributed by atoms with Gasteiger partial charge >= 0.3 is 6.09 Å². The van der Waals surface area contributed by atoms with Crippen molar-refractivity contribution in [3.63, 3.8) is 0 Å². The summed E-state index contributed by atoms with van der Waals surface area (Å²) in [6, 6.07) is 4.78. The molecule has 6 rings (SSSR count). The van der Waals surface area contributed by atoms with Gasteiger partial charge in [-0.15, -0.1) is 11.3 Å². The molecule has 2 aromatic heterocycles. The number of hydrogen-bond donors (Lipinski definition) is 0. The number of methoxy groups -OCH3 is 1. The van der Waals surface area contributed by atoms with Crippen LogP contribution in [0.1, 0.15) is 19.8 Å². The standard InChI is InChI=1S/C25H26FN3O5S/c1-25(5-6-25)34-24(30)29-8-14-10-32-11-15(9-29)21(14)33-23-22-20(27-13-28-23)18(12-35-22)17-4-3-16(31-2)7-19(17)26/h3-4,7,12-15,21H,5-6,8-11H2,1-2H3. The van der Waals surface area contributed by atoms with Crippen molar-refractivity contribution in [1.29, 1.82) is 0 Å². The van der Waals surface area contributed by atoms with Crippen molar-refractivity contribution in [2.45, 2.75) is 31.5 Å². The van der Waals surface area contributed by atoms with Crippen LogP contribution in [0.15, 0.2) is 29.9 Å². The first-order valence-electron chi connectivity index (χ1n) is 11.7. The van der Waals surface area contributed by atoms with Gasteiger partial charge in [0.1, 0.15) is 34.3 Å². The van der Waals surface area contributed by atoms with Gasteiger partial charge in [0.2, 0.25) is 5.88 Å². The fraction of sp³-hybridized carbons (Fsp3) is 0.480. The van der Waals surface area contributed by atoms with E-state index in [1.54, 1.807) is 17.0 Å². The second kappa shape index (κ2) is 8.60. The van der Waals surface area contributed by atoms with E-state index in [0.717, 1.165) is 17.5 Å². The number of benzene rings is 1. The lowest BCUT2D eigenvalue weighted by molar-refractivity contribution is -0.111. The third-order valence-electron chi connectivity index (χ3n) is 7.08. The van der Waals surface area contributed by atoms with Gasteiger partial charge in [-0.3, -0.25) is 0 Å². The number of amides is 1. The Kier molecular flexibility index (Phi) is 5.52. The summed E-state index contributed by atoms with van der Waals surface area (Å²) in [5.74, 6) is 0.565. The lowest BCUT2D eigenvalue weighted by atomic mass is 9.84. The Morgan fingerprint density at radius 3 is 2.66 bits per heavy atom. The molecule has 0 radical (unpaired) electrons. The van der Waals surface area contributed by atoms with Crippen LogP contribution in [0.3, 0.4) is 0 Å². The van der Waals surface area contributed by atoms with Crippen LogP contribution in [0.5, 0.6) is 11.6 Å². The van der Waals surface area contributed by atoms with E-state index in [1.165, 1.54) is 30.8 Å². The van der Waals surface area contributed by atoms with E-state index in [4.69, 9.17) is 18.9 Å². The van der Waals surface area contributed by atoms with Crippen molar-refractivity contribution < 1.29 is 28.1 Å². The van der Waals surface area contributed by atoms with Crippen LogP contribution in [0, 0.1) is 17.7 Å². The van der Waals surface area contributed by atoms with Crippen molar-refractivity contribution in [1.82, 2.24) is 14.9 Å². The SMILES string of the molecule is COc1ccc(-c2csc3c(OC4C5COCC4CN(C(=O)OC4(C)CC4)C5)ncnc23)c(F)c1. The number of fused-ring (bicyclic) bond motifs is 3. The molecule has 3 fully saturated rings. The Hall–Kier alpha value is -2.98. The molecule has 4 heterocycles. The number of piperidine rings is 1. The Labute approximate surface area is 206 Å². The number of likely N-dealkylation sites (tertiary alicyclic amines) is 1. The molecule has 2 aliphatic heterocycles. The number of hydrogen-bond acceptors (Lipinski definition) is 8. The number of aromatic nitrogens is 2. The van der Waals surface area contributed by atoms with Crippen LogP contribution in [-0.2, 0) is 9.47 Å². The summed E-state index contributed by atoms with van der Waals surface area (Å²) in [4.78, 5) is 23.3. The number of rotatable bonds is 5. The Balaban J connectivity index is 1.24. The van der Waals surface area contributed by atoms with Crippen LogP contribution in [0.25, 0.3) is 21.3 Å². The number of thiophene rings is 1. The summed E-state index contributed by atoms with van der Waals surface area (Å²) in [5.41, 5.74) is 1.47. The molecule has 3 aromatic rings. The van der Waals surface area contributed by atoms with E-state index in [0.29, 0.717) is 54.6 Å². The Morgan fingerprint density at radius 2 is 1.97 bits per heavy atom. The zero-order chi connectivity index (χ0) is 24.2. The van der Waals surface area contributed by atoms with E-state index >= 15 is 0 Å². The highest BCUT2D eigenvalue weighted by Crippen LogP contribution is 2.42. The van der Waals surface area contributed by atoms with Gasteiger partial charge in [0, 0.05) is 47.5 Å². The molecule has 1 saturated carbocycles. The zero-order valence-electron chi connectivity index (χ0n) is 19.5. The topological polar surface area (TPSA) is 83.0 Å². The van der Waals surface area contributed by atoms with Crippen LogP contribution < -0.4 is 9.47 Å². The molecule has 8 nitrogen and oxygen atoms in total.